The highest BCUT2D eigenvalue weighted by molar-refractivity contribution is 7.91. The van der Waals surface area contributed by atoms with Crippen LogP contribution in [0.1, 0.15) is 52.4 Å². The van der Waals surface area contributed by atoms with Gasteiger partial charge in [0.25, 0.3) is 5.69 Å². The molecule has 3 rings (SSSR count). The summed E-state index contributed by atoms with van der Waals surface area (Å²) in [4.78, 5) is 26.7. The normalized spacial score (nSPS) is 18.0. The van der Waals surface area contributed by atoms with E-state index < -0.39 is 20.7 Å². The zero-order valence-corrected chi connectivity index (χ0v) is 17.7. The summed E-state index contributed by atoms with van der Waals surface area (Å²) in [7, 11) is -3.05. The summed E-state index contributed by atoms with van der Waals surface area (Å²) in [6.45, 7) is 5.42. The molecule has 1 saturated heterocycles. The second kappa shape index (κ2) is 8.34. The Labute approximate surface area is 173 Å². The molecule has 3 heterocycles. The number of nitro groups is 1. The SMILES string of the molecule is CCOC(=O)c1cc([N+](=O)[O-])cnc1/C=C/c1c(C)nn([C@@H]2CCS(=O)(=O)C2)c1C. The van der Waals surface area contributed by atoms with E-state index in [9.17, 15) is 23.3 Å². The first kappa shape index (κ1) is 21.6. The number of carbonyl (C=O) groups is 1. The van der Waals surface area contributed by atoms with Crippen molar-refractivity contribution in [1.29, 1.82) is 0 Å². The molecule has 2 aromatic heterocycles. The minimum Gasteiger partial charge on any atom is -0.462 e. The van der Waals surface area contributed by atoms with Crippen molar-refractivity contribution in [2.45, 2.75) is 33.2 Å². The van der Waals surface area contributed by atoms with E-state index >= 15 is 0 Å². The maximum absolute atomic E-state index is 12.2. The first-order valence-electron chi connectivity index (χ1n) is 9.38. The van der Waals surface area contributed by atoms with E-state index in [2.05, 4.69) is 10.1 Å². The monoisotopic (exact) mass is 434 g/mol. The number of ether oxygens (including phenoxy) is 1. The first-order chi connectivity index (χ1) is 14.1. The minimum atomic E-state index is -3.05. The summed E-state index contributed by atoms with van der Waals surface area (Å²) in [6, 6.07) is 0.931. The number of carbonyl (C=O) groups excluding carboxylic acids is 1. The topological polar surface area (TPSA) is 134 Å². The summed E-state index contributed by atoms with van der Waals surface area (Å²) < 4.78 is 30.3. The molecule has 30 heavy (non-hydrogen) atoms. The number of aryl methyl sites for hydroxylation is 1. The van der Waals surface area contributed by atoms with Gasteiger partial charge in [0.1, 0.15) is 6.20 Å². The Balaban J connectivity index is 1.96. The smallest absolute Gasteiger partial charge is 0.340 e. The maximum atomic E-state index is 12.2. The Kier molecular flexibility index (Phi) is 6.01. The molecule has 0 bridgehead atoms. The fourth-order valence-electron chi connectivity index (χ4n) is 3.47. The molecule has 0 saturated carbocycles. The van der Waals surface area contributed by atoms with E-state index in [1.165, 1.54) is 0 Å². The fourth-order valence-corrected chi connectivity index (χ4v) is 5.16. The molecule has 0 unspecified atom stereocenters. The molecular formula is C19H22N4O6S. The Morgan fingerprint density at radius 2 is 2.13 bits per heavy atom. The van der Waals surface area contributed by atoms with Gasteiger partial charge in [0, 0.05) is 17.3 Å². The predicted octanol–water partition coefficient (Wildman–Crippen LogP) is 2.51. The third-order valence-electron chi connectivity index (χ3n) is 4.95. The molecule has 0 amide bonds. The van der Waals surface area contributed by atoms with Gasteiger partial charge in [0.2, 0.25) is 0 Å². The molecule has 0 N–H and O–H groups in total. The standard InChI is InChI=1S/C19H22N4O6S/c1-4-29-19(24)17-9-15(23(25)26)10-20-18(17)6-5-16-12(2)21-22(13(16)3)14-7-8-30(27,28)11-14/h5-6,9-10,14H,4,7-8,11H2,1-3H3/b6-5+/t14-/m1/s1. The van der Waals surface area contributed by atoms with Gasteiger partial charge in [-0.2, -0.15) is 5.10 Å². The molecule has 1 aliphatic rings. The summed E-state index contributed by atoms with van der Waals surface area (Å²) in [5, 5.41) is 15.5. The lowest BCUT2D eigenvalue weighted by Crippen LogP contribution is -2.13. The summed E-state index contributed by atoms with van der Waals surface area (Å²) in [6.07, 6.45) is 4.89. The number of aromatic nitrogens is 3. The lowest BCUT2D eigenvalue weighted by atomic mass is 10.1. The Hall–Kier alpha value is -3.08. The Morgan fingerprint density at radius 1 is 1.40 bits per heavy atom. The summed E-state index contributed by atoms with van der Waals surface area (Å²) in [5.74, 6) is -0.486. The quantitative estimate of drug-likeness (QED) is 0.384. The van der Waals surface area contributed by atoms with E-state index in [-0.39, 0.29) is 41.1 Å². The Morgan fingerprint density at radius 3 is 2.73 bits per heavy atom. The average molecular weight is 434 g/mol. The van der Waals surface area contributed by atoms with Crippen molar-refractivity contribution >= 4 is 33.6 Å². The zero-order valence-electron chi connectivity index (χ0n) is 16.9. The molecular weight excluding hydrogens is 412 g/mol. The second-order valence-corrected chi connectivity index (χ2v) is 9.25. The third kappa shape index (κ3) is 4.40. The molecule has 1 fully saturated rings. The van der Waals surface area contributed by atoms with Gasteiger partial charge in [-0.15, -0.1) is 0 Å². The number of esters is 1. The first-order valence-corrected chi connectivity index (χ1v) is 11.2. The molecule has 2 aromatic rings. The largest absolute Gasteiger partial charge is 0.462 e. The molecule has 0 radical (unpaired) electrons. The van der Waals surface area contributed by atoms with Crippen molar-refractivity contribution < 1.29 is 22.9 Å². The van der Waals surface area contributed by atoms with Crippen LogP contribution < -0.4 is 0 Å². The van der Waals surface area contributed by atoms with Gasteiger partial charge in [0.05, 0.1) is 46.0 Å². The van der Waals surface area contributed by atoms with Crippen molar-refractivity contribution in [3.05, 3.63) is 50.6 Å². The lowest BCUT2D eigenvalue weighted by Gasteiger charge is -2.11. The van der Waals surface area contributed by atoms with Crippen LogP contribution in [0, 0.1) is 24.0 Å². The van der Waals surface area contributed by atoms with Gasteiger partial charge in [0.15, 0.2) is 9.84 Å². The van der Waals surface area contributed by atoms with Crippen LogP contribution in [0.2, 0.25) is 0 Å². The molecule has 1 atom stereocenters. The average Bonchev–Trinajstić information content (AvgIpc) is 3.18. The van der Waals surface area contributed by atoms with Crippen molar-refractivity contribution in [2.24, 2.45) is 0 Å². The van der Waals surface area contributed by atoms with Crippen LogP contribution in [-0.4, -0.2) is 52.2 Å². The number of sulfone groups is 1. The molecule has 10 nitrogen and oxygen atoms in total. The van der Waals surface area contributed by atoms with Crippen LogP contribution in [0.4, 0.5) is 5.69 Å². The number of hydrogen-bond donors (Lipinski definition) is 0. The highest BCUT2D eigenvalue weighted by Crippen LogP contribution is 2.28. The van der Waals surface area contributed by atoms with Gasteiger partial charge in [-0.3, -0.25) is 14.8 Å². The highest BCUT2D eigenvalue weighted by Gasteiger charge is 2.31. The Bertz CT molecular complexity index is 1140. The van der Waals surface area contributed by atoms with Gasteiger partial charge in [-0.1, -0.05) is 0 Å². The molecule has 11 heteroatoms. The molecule has 1 aliphatic heterocycles. The van der Waals surface area contributed by atoms with E-state index in [1.807, 2.05) is 13.8 Å². The van der Waals surface area contributed by atoms with Crippen molar-refractivity contribution in [1.82, 2.24) is 14.8 Å². The van der Waals surface area contributed by atoms with Gasteiger partial charge < -0.3 is 4.74 Å². The van der Waals surface area contributed by atoms with E-state index in [0.29, 0.717) is 12.1 Å². The van der Waals surface area contributed by atoms with E-state index in [4.69, 9.17) is 4.74 Å². The van der Waals surface area contributed by atoms with Crippen LogP contribution in [0.25, 0.3) is 12.2 Å². The predicted molar refractivity (Wildman–Crippen MR) is 110 cm³/mol. The molecule has 0 aliphatic carbocycles. The van der Waals surface area contributed by atoms with Gasteiger partial charge >= 0.3 is 5.97 Å². The van der Waals surface area contributed by atoms with Gasteiger partial charge in [-0.05, 0) is 39.3 Å². The number of rotatable bonds is 6. The highest BCUT2D eigenvalue weighted by atomic mass is 32.2. The maximum Gasteiger partial charge on any atom is 0.340 e. The van der Waals surface area contributed by atoms with Crippen LogP contribution in [-0.2, 0) is 14.6 Å². The van der Waals surface area contributed by atoms with Crippen molar-refractivity contribution in [3.63, 3.8) is 0 Å². The summed E-state index contributed by atoms with van der Waals surface area (Å²) >= 11 is 0. The van der Waals surface area contributed by atoms with Crippen molar-refractivity contribution in [3.8, 4) is 0 Å². The molecule has 160 valence electrons. The van der Waals surface area contributed by atoms with Crippen LogP contribution in [0.15, 0.2) is 12.3 Å². The molecule has 0 spiro atoms. The molecule has 0 aromatic carbocycles. The minimum absolute atomic E-state index is 0.00751. The third-order valence-corrected chi connectivity index (χ3v) is 6.70. The number of hydrogen-bond acceptors (Lipinski definition) is 8. The second-order valence-electron chi connectivity index (χ2n) is 7.02. The van der Waals surface area contributed by atoms with Crippen LogP contribution in [0.3, 0.4) is 0 Å². The lowest BCUT2D eigenvalue weighted by molar-refractivity contribution is -0.385. The zero-order chi connectivity index (χ0) is 22.1. The fraction of sp³-hybridized carbons (Fsp3) is 0.421. The van der Waals surface area contributed by atoms with E-state index in [0.717, 1.165) is 23.5 Å². The van der Waals surface area contributed by atoms with Gasteiger partial charge in [-0.25, -0.2) is 18.2 Å². The van der Waals surface area contributed by atoms with Crippen LogP contribution in [0.5, 0.6) is 0 Å². The van der Waals surface area contributed by atoms with E-state index in [1.54, 1.807) is 23.8 Å². The number of pyridine rings is 1. The summed E-state index contributed by atoms with van der Waals surface area (Å²) in [5.41, 5.74) is 2.19. The van der Waals surface area contributed by atoms with Crippen LogP contribution >= 0.6 is 0 Å². The van der Waals surface area contributed by atoms with Crippen molar-refractivity contribution in [2.75, 3.05) is 18.1 Å². The number of nitrogens with zero attached hydrogens (tertiary/aromatic N) is 4.